The lowest BCUT2D eigenvalue weighted by atomic mass is 9.66. The maximum Gasteiger partial charge on any atom is 0.145 e. The van der Waals surface area contributed by atoms with E-state index >= 15 is 0 Å². The fourth-order valence-electron chi connectivity index (χ4n) is 8.54. The van der Waals surface area contributed by atoms with Crippen LogP contribution in [-0.4, -0.2) is 9.55 Å². The average Bonchev–Trinajstić information content (AvgIpc) is 3.72. The van der Waals surface area contributed by atoms with Crippen molar-refractivity contribution in [2.45, 2.75) is 41.4 Å². The highest BCUT2D eigenvalue weighted by molar-refractivity contribution is 7.99. The van der Waals surface area contributed by atoms with Crippen molar-refractivity contribution < 1.29 is 0 Å². The van der Waals surface area contributed by atoms with Gasteiger partial charge in [0.05, 0.1) is 28.1 Å². The Morgan fingerprint density at radius 3 is 1.89 bits per heavy atom. The number of nitrogens with zero attached hydrogens (tertiary/aromatic N) is 3. The van der Waals surface area contributed by atoms with Gasteiger partial charge in [0.2, 0.25) is 0 Å². The maximum absolute atomic E-state index is 10.1. The molecule has 2 heterocycles. The molecule has 10 rings (SSSR count). The van der Waals surface area contributed by atoms with Gasteiger partial charge >= 0.3 is 0 Å². The van der Waals surface area contributed by atoms with E-state index in [4.69, 9.17) is 4.98 Å². The molecular weight excluding hydrogens is 663 g/mol. The predicted octanol–water partition coefficient (Wildman–Crippen LogP) is 12.4. The second-order valence-corrected chi connectivity index (χ2v) is 16.2. The third-order valence-electron chi connectivity index (χ3n) is 11.1. The average molecular weight is 698 g/mol. The van der Waals surface area contributed by atoms with Crippen molar-refractivity contribution in [3.8, 4) is 45.4 Å². The Hall–Kier alpha value is -6.15. The Bertz CT molecular complexity index is 2750. The van der Waals surface area contributed by atoms with E-state index in [9.17, 15) is 5.26 Å². The Kier molecular flexibility index (Phi) is 6.96. The van der Waals surface area contributed by atoms with Gasteiger partial charge < -0.3 is 0 Å². The highest BCUT2D eigenvalue weighted by Crippen LogP contribution is 2.62. The first kappa shape index (κ1) is 31.6. The van der Waals surface area contributed by atoms with Gasteiger partial charge in [-0.3, -0.25) is 4.57 Å². The van der Waals surface area contributed by atoms with E-state index in [0.29, 0.717) is 5.56 Å². The van der Waals surface area contributed by atoms with Crippen LogP contribution in [0, 0.1) is 11.3 Å². The maximum atomic E-state index is 10.1. The fourth-order valence-corrected chi connectivity index (χ4v) is 9.69. The van der Waals surface area contributed by atoms with Gasteiger partial charge in [-0.2, -0.15) is 5.26 Å². The molecule has 7 aromatic carbocycles. The number of rotatable bonds is 3. The van der Waals surface area contributed by atoms with E-state index in [1.54, 1.807) is 11.8 Å². The van der Waals surface area contributed by atoms with Crippen molar-refractivity contribution in [2.24, 2.45) is 0 Å². The van der Waals surface area contributed by atoms with E-state index in [1.807, 2.05) is 12.1 Å². The van der Waals surface area contributed by atoms with Crippen molar-refractivity contribution in [1.29, 1.82) is 5.26 Å². The zero-order valence-corrected chi connectivity index (χ0v) is 30.6. The highest BCUT2D eigenvalue weighted by Gasteiger charge is 2.50. The lowest BCUT2D eigenvalue weighted by Gasteiger charge is -2.40. The van der Waals surface area contributed by atoms with Crippen LogP contribution in [0.2, 0.25) is 0 Å². The molecule has 1 spiro atoms. The van der Waals surface area contributed by atoms with Gasteiger partial charge in [-0.25, -0.2) is 4.98 Å². The first-order valence-corrected chi connectivity index (χ1v) is 18.9. The van der Waals surface area contributed by atoms with Gasteiger partial charge in [-0.05, 0) is 110 Å². The Morgan fingerprint density at radius 1 is 0.585 bits per heavy atom. The summed E-state index contributed by atoms with van der Waals surface area (Å²) >= 11 is 1.80. The summed E-state index contributed by atoms with van der Waals surface area (Å²) < 4.78 is 2.30. The predicted molar refractivity (Wildman–Crippen MR) is 217 cm³/mol. The number of nitriles is 1. The number of fused-ring (bicyclic) bond motifs is 10. The number of imidazole rings is 1. The van der Waals surface area contributed by atoms with Crippen LogP contribution in [0.15, 0.2) is 168 Å². The molecule has 252 valence electrons. The normalized spacial score (nSPS) is 13.6. The minimum absolute atomic E-state index is 0.0131. The van der Waals surface area contributed by atoms with Gasteiger partial charge in [0.15, 0.2) is 0 Å². The molecule has 1 aliphatic carbocycles. The Labute approximate surface area is 314 Å². The molecule has 2 aliphatic rings. The molecule has 0 fully saturated rings. The lowest BCUT2D eigenvalue weighted by Crippen LogP contribution is -2.32. The summed E-state index contributed by atoms with van der Waals surface area (Å²) in [5, 5.41) is 10.1. The molecule has 53 heavy (non-hydrogen) atoms. The molecule has 0 saturated heterocycles. The molecule has 0 N–H and O–H groups in total. The summed E-state index contributed by atoms with van der Waals surface area (Å²) in [6.45, 7) is 6.77. The summed E-state index contributed by atoms with van der Waals surface area (Å²) in [7, 11) is 0. The van der Waals surface area contributed by atoms with E-state index in [-0.39, 0.29) is 5.41 Å². The largest absolute Gasteiger partial charge is 0.292 e. The molecule has 4 heteroatoms. The van der Waals surface area contributed by atoms with Crippen LogP contribution in [0.25, 0.3) is 50.4 Å². The monoisotopic (exact) mass is 697 g/mol. The molecule has 0 amide bonds. The minimum atomic E-state index is -0.545. The minimum Gasteiger partial charge on any atom is -0.292 e. The first-order valence-electron chi connectivity index (χ1n) is 18.1. The fraction of sp³-hybridized carbons (Fsp3) is 0.102. The van der Waals surface area contributed by atoms with Gasteiger partial charge in [0.1, 0.15) is 5.82 Å². The quantitative estimate of drug-likeness (QED) is 0.185. The van der Waals surface area contributed by atoms with Crippen molar-refractivity contribution in [1.82, 2.24) is 9.55 Å². The summed E-state index contributed by atoms with van der Waals surface area (Å²) in [6.07, 6.45) is 0. The summed E-state index contributed by atoms with van der Waals surface area (Å²) in [6, 6.07) is 59.3. The van der Waals surface area contributed by atoms with E-state index < -0.39 is 5.41 Å². The van der Waals surface area contributed by atoms with Gasteiger partial charge in [0.25, 0.3) is 0 Å². The zero-order valence-electron chi connectivity index (χ0n) is 29.8. The third kappa shape index (κ3) is 4.71. The number of benzene rings is 7. The van der Waals surface area contributed by atoms with Crippen molar-refractivity contribution in [3.63, 3.8) is 0 Å². The number of aromatic nitrogens is 2. The second kappa shape index (κ2) is 11.7. The van der Waals surface area contributed by atoms with Crippen LogP contribution < -0.4 is 0 Å². The van der Waals surface area contributed by atoms with Crippen LogP contribution in [0.1, 0.15) is 54.2 Å². The zero-order chi connectivity index (χ0) is 35.9. The summed E-state index contributed by atoms with van der Waals surface area (Å²) in [4.78, 5) is 7.59. The van der Waals surface area contributed by atoms with Crippen LogP contribution in [0.4, 0.5) is 0 Å². The smallest absolute Gasteiger partial charge is 0.145 e. The molecule has 3 nitrogen and oxygen atoms in total. The molecule has 0 atom stereocenters. The molecule has 0 saturated carbocycles. The topological polar surface area (TPSA) is 41.6 Å². The molecule has 8 aromatic rings. The van der Waals surface area contributed by atoms with Crippen LogP contribution in [0.5, 0.6) is 0 Å². The van der Waals surface area contributed by atoms with Gasteiger partial charge in [0, 0.05) is 21.0 Å². The third-order valence-corrected chi connectivity index (χ3v) is 12.2. The van der Waals surface area contributed by atoms with Gasteiger partial charge in [-0.15, -0.1) is 0 Å². The number of hydrogen-bond donors (Lipinski definition) is 0. The Balaban J connectivity index is 1.15. The molecule has 1 aliphatic heterocycles. The van der Waals surface area contributed by atoms with Crippen LogP contribution in [0.3, 0.4) is 0 Å². The SMILES string of the molecule is CC(C)(C)c1ccc2nc(-c3ccccc3)n(-c3ccc(-c4ccc5c(c4)C4(c6cc(C#N)ccc6S5)c5ccccc5-c5ccccc54)cc3)c2c1. The van der Waals surface area contributed by atoms with Crippen molar-refractivity contribution >= 4 is 22.8 Å². The second-order valence-electron chi connectivity index (χ2n) is 15.1. The van der Waals surface area contributed by atoms with Crippen LogP contribution >= 0.6 is 11.8 Å². The van der Waals surface area contributed by atoms with E-state index in [0.717, 1.165) is 39.2 Å². The van der Waals surface area contributed by atoms with Gasteiger partial charge in [-0.1, -0.05) is 136 Å². The lowest BCUT2D eigenvalue weighted by molar-refractivity contribution is 0.591. The van der Waals surface area contributed by atoms with E-state index in [1.165, 1.54) is 48.7 Å². The first-order chi connectivity index (χ1) is 25.8. The summed E-state index contributed by atoms with van der Waals surface area (Å²) in [5.74, 6) is 0.932. The molecular formula is C49H35N3S. The molecule has 0 bridgehead atoms. The Morgan fingerprint density at radius 2 is 1.21 bits per heavy atom. The molecule has 1 aromatic heterocycles. The van der Waals surface area contributed by atoms with E-state index in [2.05, 4.69) is 177 Å². The standard InChI is InChI=1S/C49H35N3S/c1-48(2,3)35-21-24-43-44(29-35)52(47(51-43)33-11-5-4-6-12-33)36-22-18-32(19-23-36)34-20-26-46-42(28-34)49(41-27-31(30-50)17-25-45(41)53-46)39-15-9-7-13-37(39)38-14-8-10-16-40(38)49/h4-29H,1-3H3. The van der Waals surface area contributed by atoms with Crippen LogP contribution in [-0.2, 0) is 10.8 Å². The molecule has 0 unspecified atom stereocenters. The molecule has 0 radical (unpaired) electrons. The van der Waals surface area contributed by atoms with Crippen molar-refractivity contribution in [3.05, 3.63) is 191 Å². The summed E-state index contributed by atoms with van der Waals surface area (Å²) in [5.41, 5.74) is 15.4. The number of hydrogen-bond acceptors (Lipinski definition) is 3. The van der Waals surface area contributed by atoms with Crippen molar-refractivity contribution in [2.75, 3.05) is 0 Å². The highest BCUT2D eigenvalue weighted by atomic mass is 32.2.